The van der Waals surface area contributed by atoms with Crippen LogP contribution in [0.3, 0.4) is 0 Å². The van der Waals surface area contributed by atoms with E-state index < -0.39 is 5.41 Å². The summed E-state index contributed by atoms with van der Waals surface area (Å²) < 4.78 is 8.83. The minimum Gasteiger partial charge on any atom is -0.456 e. The molecular weight excluding hydrogens is 1290 g/mol. The van der Waals surface area contributed by atoms with Crippen LogP contribution in [0.1, 0.15) is 66.8 Å². The van der Waals surface area contributed by atoms with Crippen molar-refractivity contribution in [3.05, 3.63) is 355 Å². The van der Waals surface area contributed by atoms with Crippen molar-refractivity contribution >= 4 is 43.7 Å². The summed E-state index contributed by atoms with van der Waals surface area (Å²) in [6, 6.07) is 118. The molecule has 106 heavy (non-hydrogen) atoms. The Labute approximate surface area is 613 Å². The molecule has 8 nitrogen and oxygen atoms in total. The van der Waals surface area contributed by atoms with E-state index >= 15 is 0 Å². The fourth-order valence-corrected chi connectivity index (χ4v) is 18.0. The highest BCUT2D eigenvalue weighted by atomic mass is 16.3. The van der Waals surface area contributed by atoms with E-state index in [2.05, 4.69) is 291 Å². The predicted molar refractivity (Wildman–Crippen MR) is 430 cm³/mol. The highest BCUT2D eigenvalue weighted by Gasteiger charge is 2.46. The largest absolute Gasteiger partial charge is 0.456 e. The number of hydrogen-bond acceptors (Lipinski definition) is 7. The van der Waals surface area contributed by atoms with Crippen molar-refractivity contribution in [3.63, 3.8) is 0 Å². The molecule has 0 saturated heterocycles. The van der Waals surface area contributed by atoms with E-state index in [4.69, 9.17) is 34.3 Å². The third kappa shape index (κ3) is 9.74. The average Bonchev–Trinajstić information content (AvgIpc) is 1.55. The lowest BCUT2D eigenvalue weighted by atomic mass is 9.67. The summed E-state index contributed by atoms with van der Waals surface area (Å²) in [6.07, 6.45) is 5.78. The van der Waals surface area contributed by atoms with Crippen molar-refractivity contribution in [2.75, 3.05) is 0 Å². The number of para-hydroxylation sites is 2. The number of nitrogens with zero attached hydrogens (tertiary/aromatic N) is 7. The number of benzene rings is 14. The highest BCUT2D eigenvalue weighted by Crippen LogP contribution is 2.60. The van der Waals surface area contributed by atoms with Crippen LogP contribution < -0.4 is 0 Å². The van der Waals surface area contributed by atoms with Gasteiger partial charge in [0.1, 0.15) is 11.2 Å². The number of aromatic nitrogens is 7. The second-order valence-corrected chi connectivity index (χ2v) is 28.8. The minimum absolute atomic E-state index is 0.130. The fraction of sp³-hybridized carbons (Fsp3) is 0.0816. The van der Waals surface area contributed by atoms with E-state index in [1.54, 1.807) is 0 Å². The zero-order chi connectivity index (χ0) is 70.0. The van der Waals surface area contributed by atoms with Crippen LogP contribution >= 0.6 is 0 Å². The van der Waals surface area contributed by atoms with Crippen LogP contribution in [0.15, 0.2) is 332 Å². The molecule has 500 valence electrons. The summed E-state index contributed by atoms with van der Waals surface area (Å²) in [5, 5.41) is 4.68. The third-order valence-electron chi connectivity index (χ3n) is 23.0. The molecule has 1 unspecified atom stereocenters. The molecule has 0 radical (unpaired) electrons. The van der Waals surface area contributed by atoms with Gasteiger partial charge in [-0.2, -0.15) is 0 Å². The molecule has 14 aromatic carbocycles. The molecule has 21 rings (SSSR count). The van der Waals surface area contributed by atoms with Crippen molar-refractivity contribution < 1.29 is 4.42 Å². The lowest BCUT2D eigenvalue weighted by molar-refractivity contribution is 0.353. The molecule has 0 bridgehead atoms. The van der Waals surface area contributed by atoms with Crippen LogP contribution in [0, 0.1) is 0 Å². The highest BCUT2D eigenvalue weighted by molar-refractivity contribution is 6.13. The Morgan fingerprint density at radius 1 is 0.283 bits per heavy atom. The summed E-state index contributed by atoms with van der Waals surface area (Å²) in [5.41, 5.74) is 28.4. The van der Waals surface area contributed by atoms with Crippen LogP contribution in [0.4, 0.5) is 0 Å². The van der Waals surface area contributed by atoms with Gasteiger partial charge < -0.3 is 8.98 Å². The average molecular weight is 1360 g/mol. The molecule has 3 aliphatic rings. The normalized spacial score (nSPS) is 14.8. The molecule has 0 N–H and O–H groups in total. The van der Waals surface area contributed by atoms with Gasteiger partial charge in [-0.15, -0.1) is 0 Å². The van der Waals surface area contributed by atoms with Gasteiger partial charge in [-0.3, -0.25) is 0 Å². The Kier molecular flexibility index (Phi) is 14.1. The monoisotopic (exact) mass is 1360 g/mol. The Bertz CT molecular complexity index is 6500. The molecule has 1 fully saturated rings. The lowest BCUT2D eigenvalue weighted by Gasteiger charge is -2.36. The van der Waals surface area contributed by atoms with Gasteiger partial charge in [0.2, 0.25) is 0 Å². The molecule has 0 amide bonds. The molecular formula is C98H67N7O. The third-order valence-corrected chi connectivity index (χ3v) is 23.0. The smallest absolute Gasteiger partial charge is 0.164 e. The van der Waals surface area contributed by atoms with Crippen molar-refractivity contribution in [2.45, 2.75) is 49.9 Å². The van der Waals surface area contributed by atoms with Gasteiger partial charge in [-0.05, 0) is 164 Å². The van der Waals surface area contributed by atoms with Crippen molar-refractivity contribution in [3.8, 4) is 130 Å². The maximum atomic E-state index is 6.42. The SMILES string of the molecule is CC1(c2ccccc2)c2cc(-c3ccc4c(c3)c3ccccc3n4-c3ccc(-c4cccc(-c5nc(-c6ccccc6)nc(-c6cccc7c6-c6ccc(-c8cccc9oc%10ccccc%10c89)cc6C76CCCCC6)n5)c4)cc3)ccc2-c2c(-c3nc(-c4ccccc4)nc(-c4ccccc4)n3)cccc21. The molecule has 1 spiro atoms. The standard InChI is InChI=1S/C98H67N7O/c1-97(70-33-13-5-14-34-70)80-40-22-38-77(95-101-91(62-25-7-2-8-26-62)99-92(102-95)63-27-9-3-10-28-63)88(80)74-52-47-67(59-82(74)97)66-49-54-85-79(58-66)73-35-15-17-42-84(73)105(85)71-50-45-61(46-51-71)65-31-21-32-69(57-65)94-100-93(64-29-11-4-12-30-64)103-96(104-94)78-39-23-41-81-89(78)75-53-48-68(60-83(75)98(81)55-19-6-20-56-98)72-37-24-44-87-90(72)76-36-16-18-43-86(76)106-87/h2-5,7-18,21-54,57-60H,6,19-20,55-56H2,1H3. The van der Waals surface area contributed by atoms with Crippen molar-refractivity contribution in [2.24, 2.45) is 0 Å². The van der Waals surface area contributed by atoms with Crippen LogP contribution in [-0.4, -0.2) is 34.5 Å². The molecule has 3 aliphatic carbocycles. The second-order valence-electron chi connectivity index (χ2n) is 28.8. The van der Waals surface area contributed by atoms with E-state index in [1.807, 2.05) is 48.5 Å². The van der Waals surface area contributed by atoms with Crippen LogP contribution in [0.2, 0.25) is 0 Å². The summed E-state index contributed by atoms with van der Waals surface area (Å²) >= 11 is 0. The van der Waals surface area contributed by atoms with Gasteiger partial charge in [0, 0.05) is 71.4 Å². The number of hydrogen-bond donors (Lipinski definition) is 0. The molecule has 1 saturated carbocycles. The Morgan fingerprint density at radius 3 is 1.42 bits per heavy atom. The van der Waals surface area contributed by atoms with E-state index in [0.717, 1.165) is 113 Å². The molecule has 4 heterocycles. The molecule has 0 aliphatic heterocycles. The summed E-state index contributed by atoms with van der Waals surface area (Å²) in [7, 11) is 0. The van der Waals surface area contributed by atoms with Crippen LogP contribution in [-0.2, 0) is 10.8 Å². The predicted octanol–water partition coefficient (Wildman–Crippen LogP) is 24.6. The first-order valence-corrected chi connectivity index (χ1v) is 36.9. The van der Waals surface area contributed by atoms with Gasteiger partial charge in [0.05, 0.1) is 11.0 Å². The number of furan rings is 1. The summed E-state index contributed by atoms with van der Waals surface area (Å²) in [6.45, 7) is 2.38. The lowest BCUT2D eigenvalue weighted by Crippen LogP contribution is -2.28. The van der Waals surface area contributed by atoms with Gasteiger partial charge in [0.25, 0.3) is 0 Å². The first-order valence-electron chi connectivity index (χ1n) is 36.9. The molecule has 4 aromatic heterocycles. The van der Waals surface area contributed by atoms with E-state index in [1.165, 1.54) is 85.7 Å². The van der Waals surface area contributed by atoms with E-state index in [-0.39, 0.29) is 5.41 Å². The summed E-state index contributed by atoms with van der Waals surface area (Å²) in [5.74, 6) is 3.85. The Hall–Kier alpha value is -13.3. The van der Waals surface area contributed by atoms with Crippen molar-refractivity contribution in [1.82, 2.24) is 34.5 Å². The Morgan fingerprint density at radius 2 is 0.745 bits per heavy atom. The first-order chi connectivity index (χ1) is 52.4. The zero-order valence-electron chi connectivity index (χ0n) is 58.3. The minimum atomic E-state index is -0.497. The molecule has 8 heteroatoms. The van der Waals surface area contributed by atoms with Gasteiger partial charge >= 0.3 is 0 Å². The zero-order valence-corrected chi connectivity index (χ0v) is 58.3. The maximum absolute atomic E-state index is 6.42. The van der Waals surface area contributed by atoms with Crippen molar-refractivity contribution in [1.29, 1.82) is 0 Å². The molecule has 1 atom stereocenters. The second kappa shape index (κ2) is 24.4. The maximum Gasteiger partial charge on any atom is 0.164 e. The quantitative estimate of drug-likeness (QED) is 0.127. The molecule has 18 aromatic rings. The van der Waals surface area contributed by atoms with Gasteiger partial charge in [-0.25, -0.2) is 29.9 Å². The first kappa shape index (κ1) is 61.4. The van der Waals surface area contributed by atoms with Gasteiger partial charge in [0.15, 0.2) is 34.9 Å². The fourth-order valence-electron chi connectivity index (χ4n) is 18.0. The Balaban J connectivity index is 0.630. The van der Waals surface area contributed by atoms with Crippen LogP contribution in [0.5, 0.6) is 0 Å². The topological polar surface area (TPSA) is 95.4 Å². The number of rotatable bonds is 11. The number of fused-ring (bicyclic) bond motifs is 14. The van der Waals surface area contributed by atoms with E-state index in [9.17, 15) is 0 Å². The van der Waals surface area contributed by atoms with E-state index in [0.29, 0.717) is 34.9 Å². The summed E-state index contributed by atoms with van der Waals surface area (Å²) in [4.78, 5) is 31.8. The van der Waals surface area contributed by atoms with Gasteiger partial charge in [-0.1, -0.05) is 286 Å². The van der Waals surface area contributed by atoms with Crippen LogP contribution in [0.25, 0.3) is 173 Å².